The van der Waals surface area contributed by atoms with Crippen molar-refractivity contribution in [3.05, 3.63) is 35.9 Å². The van der Waals surface area contributed by atoms with E-state index >= 15 is 0 Å². The van der Waals surface area contributed by atoms with Crippen LogP contribution in [0.2, 0.25) is 0 Å². The lowest BCUT2D eigenvalue weighted by atomic mass is 10.0. The van der Waals surface area contributed by atoms with Gasteiger partial charge >= 0.3 is 0 Å². The molecule has 3 rings (SSSR count). The van der Waals surface area contributed by atoms with Crippen LogP contribution >= 0.6 is 11.5 Å². The number of benzene rings is 1. The monoisotopic (exact) mass is 334 g/mol. The molecule has 0 saturated carbocycles. The van der Waals surface area contributed by atoms with Gasteiger partial charge in [0.25, 0.3) is 0 Å². The zero-order valence-electron chi connectivity index (χ0n) is 13.9. The quantitative estimate of drug-likeness (QED) is 0.849. The van der Waals surface area contributed by atoms with Gasteiger partial charge in [-0.1, -0.05) is 19.9 Å². The van der Waals surface area contributed by atoms with Crippen LogP contribution in [0.4, 0.5) is 15.2 Å². The first-order valence-electron chi connectivity index (χ1n) is 8.11. The van der Waals surface area contributed by atoms with E-state index in [0.29, 0.717) is 12.0 Å². The first-order chi connectivity index (χ1) is 11.0. The van der Waals surface area contributed by atoms with Crippen molar-refractivity contribution in [3.8, 4) is 0 Å². The van der Waals surface area contributed by atoms with Gasteiger partial charge in [0.2, 0.25) is 5.13 Å². The summed E-state index contributed by atoms with van der Waals surface area (Å²) < 4.78 is 17.8. The normalized spacial score (nSPS) is 16.1. The van der Waals surface area contributed by atoms with Crippen LogP contribution < -0.4 is 9.80 Å². The summed E-state index contributed by atoms with van der Waals surface area (Å²) in [6.07, 6.45) is 2.09. The molecule has 1 saturated heterocycles. The SMILES string of the molecule is CC(C)c1nsc(N(C)C2CCN(c3cccc(F)c3)CC2)n1. The highest BCUT2D eigenvalue weighted by Crippen LogP contribution is 2.27. The van der Waals surface area contributed by atoms with Gasteiger partial charge in [0.15, 0.2) is 0 Å². The van der Waals surface area contributed by atoms with E-state index in [1.165, 1.54) is 17.6 Å². The summed E-state index contributed by atoms with van der Waals surface area (Å²) in [5, 5.41) is 0.998. The van der Waals surface area contributed by atoms with Crippen molar-refractivity contribution in [2.75, 3.05) is 29.9 Å². The van der Waals surface area contributed by atoms with Crippen molar-refractivity contribution in [3.63, 3.8) is 0 Å². The number of piperidine rings is 1. The van der Waals surface area contributed by atoms with Crippen LogP contribution in [-0.2, 0) is 0 Å². The second kappa shape index (κ2) is 6.83. The topological polar surface area (TPSA) is 32.3 Å². The third kappa shape index (κ3) is 3.63. The predicted octanol–water partition coefficient (Wildman–Crippen LogP) is 3.91. The number of rotatable bonds is 4. The van der Waals surface area contributed by atoms with E-state index in [0.717, 1.165) is 42.6 Å². The van der Waals surface area contributed by atoms with Gasteiger partial charge in [0.05, 0.1) is 0 Å². The summed E-state index contributed by atoms with van der Waals surface area (Å²) in [5.74, 6) is 1.12. The summed E-state index contributed by atoms with van der Waals surface area (Å²) in [7, 11) is 2.10. The maximum atomic E-state index is 13.4. The van der Waals surface area contributed by atoms with Crippen LogP contribution in [-0.4, -0.2) is 35.5 Å². The minimum Gasteiger partial charge on any atom is -0.371 e. The fraction of sp³-hybridized carbons (Fsp3) is 0.529. The van der Waals surface area contributed by atoms with Crippen molar-refractivity contribution >= 4 is 22.4 Å². The second-order valence-corrected chi connectivity index (χ2v) is 7.13. The standard InChI is InChI=1S/C17H23FN4S/c1-12(2)16-19-17(23-20-16)21(3)14-7-9-22(10-8-14)15-6-4-5-13(18)11-15/h4-6,11-12,14H,7-10H2,1-3H3. The number of aromatic nitrogens is 2. The van der Waals surface area contributed by atoms with Crippen molar-refractivity contribution < 1.29 is 4.39 Å². The molecule has 0 bridgehead atoms. The van der Waals surface area contributed by atoms with E-state index < -0.39 is 0 Å². The summed E-state index contributed by atoms with van der Waals surface area (Å²) in [6, 6.07) is 7.33. The zero-order chi connectivity index (χ0) is 16.4. The highest BCUT2D eigenvalue weighted by Gasteiger charge is 2.25. The molecular weight excluding hydrogens is 311 g/mol. The molecule has 0 atom stereocenters. The molecule has 0 amide bonds. The van der Waals surface area contributed by atoms with Crippen molar-refractivity contribution in [1.82, 2.24) is 9.36 Å². The van der Waals surface area contributed by atoms with Gasteiger partial charge in [-0.3, -0.25) is 0 Å². The molecular formula is C17H23FN4S. The lowest BCUT2D eigenvalue weighted by molar-refractivity contribution is 0.481. The van der Waals surface area contributed by atoms with E-state index in [4.69, 9.17) is 0 Å². The van der Waals surface area contributed by atoms with Crippen molar-refractivity contribution in [2.24, 2.45) is 0 Å². The first-order valence-corrected chi connectivity index (χ1v) is 8.89. The lowest BCUT2D eigenvalue weighted by Gasteiger charge is -2.37. The average molecular weight is 334 g/mol. The molecule has 1 fully saturated rings. The highest BCUT2D eigenvalue weighted by molar-refractivity contribution is 7.09. The Morgan fingerprint density at radius 2 is 2.04 bits per heavy atom. The van der Waals surface area contributed by atoms with Crippen LogP contribution in [0.1, 0.15) is 38.4 Å². The van der Waals surface area contributed by atoms with E-state index in [2.05, 4.69) is 40.1 Å². The minimum atomic E-state index is -0.170. The largest absolute Gasteiger partial charge is 0.371 e. The summed E-state index contributed by atoms with van der Waals surface area (Å²) in [5.41, 5.74) is 0.976. The molecule has 124 valence electrons. The third-order valence-corrected chi connectivity index (χ3v) is 5.26. The minimum absolute atomic E-state index is 0.170. The van der Waals surface area contributed by atoms with E-state index in [1.54, 1.807) is 12.1 Å². The van der Waals surface area contributed by atoms with E-state index in [-0.39, 0.29) is 5.82 Å². The Kier molecular flexibility index (Phi) is 4.80. The predicted molar refractivity (Wildman–Crippen MR) is 94.0 cm³/mol. The molecule has 0 radical (unpaired) electrons. The van der Waals surface area contributed by atoms with E-state index in [1.807, 2.05) is 6.07 Å². The van der Waals surface area contributed by atoms with Gasteiger partial charge in [-0.15, -0.1) is 0 Å². The fourth-order valence-electron chi connectivity index (χ4n) is 2.94. The molecule has 0 spiro atoms. The van der Waals surface area contributed by atoms with E-state index in [9.17, 15) is 4.39 Å². The van der Waals surface area contributed by atoms with Crippen LogP contribution in [0.25, 0.3) is 0 Å². The molecule has 2 aromatic rings. The molecule has 6 heteroatoms. The Labute approximate surface area is 141 Å². The molecule has 0 unspecified atom stereocenters. The van der Waals surface area contributed by atoms with Crippen LogP contribution in [0.5, 0.6) is 0 Å². The van der Waals surface area contributed by atoms with Gasteiger partial charge in [-0.2, -0.15) is 4.37 Å². The van der Waals surface area contributed by atoms with Crippen LogP contribution in [0.3, 0.4) is 0 Å². The second-order valence-electron chi connectivity index (χ2n) is 6.40. The van der Waals surface area contributed by atoms with Gasteiger partial charge < -0.3 is 9.80 Å². The first kappa shape index (κ1) is 16.2. The Morgan fingerprint density at radius 1 is 1.30 bits per heavy atom. The van der Waals surface area contributed by atoms with Crippen molar-refractivity contribution in [1.29, 1.82) is 0 Å². The number of halogens is 1. The van der Waals surface area contributed by atoms with Gasteiger partial charge in [0.1, 0.15) is 11.6 Å². The number of anilines is 2. The molecule has 1 aromatic heterocycles. The molecule has 4 nitrogen and oxygen atoms in total. The zero-order valence-corrected chi connectivity index (χ0v) is 14.7. The summed E-state index contributed by atoms with van der Waals surface area (Å²) >= 11 is 1.48. The maximum absolute atomic E-state index is 13.4. The third-order valence-electron chi connectivity index (χ3n) is 4.43. The number of nitrogens with zero attached hydrogens (tertiary/aromatic N) is 4. The van der Waals surface area contributed by atoms with Gasteiger partial charge in [-0.05, 0) is 31.0 Å². The molecule has 0 N–H and O–H groups in total. The Balaban J connectivity index is 1.61. The molecule has 2 heterocycles. The summed E-state index contributed by atoms with van der Waals surface area (Å²) in [6.45, 7) is 6.11. The smallest absolute Gasteiger partial charge is 0.205 e. The molecule has 1 aromatic carbocycles. The molecule has 1 aliphatic rings. The molecule has 1 aliphatic heterocycles. The Morgan fingerprint density at radius 3 is 2.65 bits per heavy atom. The highest BCUT2D eigenvalue weighted by atomic mass is 32.1. The Bertz CT molecular complexity index is 650. The van der Waals surface area contributed by atoms with Crippen LogP contribution in [0.15, 0.2) is 24.3 Å². The molecule has 23 heavy (non-hydrogen) atoms. The fourth-order valence-corrected chi connectivity index (χ4v) is 3.78. The van der Waals surface area contributed by atoms with Crippen molar-refractivity contribution in [2.45, 2.75) is 38.6 Å². The lowest BCUT2D eigenvalue weighted by Crippen LogP contribution is -2.43. The van der Waals surface area contributed by atoms with Crippen LogP contribution in [0, 0.1) is 5.82 Å². The average Bonchev–Trinajstić information content (AvgIpc) is 3.04. The Hall–Kier alpha value is -1.69. The number of hydrogen-bond acceptors (Lipinski definition) is 5. The summed E-state index contributed by atoms with van der Waals surface area (Å²) in [4.78, 5) is 9.16. The number of hydrogen-bond donors (Lipinski definition) is 0. The maximum Gasteiger partial charge on any atom is 0.205 e. The molecule has 0 aliphatic carbocycles. The van der Waals surface area contributed by atoms with Gasteiger partial charge in [0, 0.05) is 49.3 Å². The van der Waals surface area contributed by atoms with Gasteiger partial charge in [-0.25, -0.2) is 9.37 Å².